The molecule has 0 bridgehead atoms. The van der Waals surface area contributed by atoms with Gasteiger partial charge in [0, 0.05) is 6.04 Å². The van der Waals surface area contributed by atoms with Crippen LogP contribution in [0.4, 0.5) is 10.1 Å². The molecule has 0 fully saturated rings. The van der Waals surface area contributed by atoms with Crippen LogP contribution in [0.5, 0.6) is 0 Å². The van der Waals surface area contributed by atoms with Gasteiger partial charge in [-0.05, 0) is 24.1 Å². The molecule has 0 spiro atoms. The number of nitrogens with two attached hydrogens (primary N) is 2. The van der Waals surface area contributed by atoms with Crippen LogP contribution in [0.3, 0.4) is 0 Å². The molecule has 3 heteroatoms. The van der Waals surface area contributed by atoms with Gasteiger partial charge in [-0.1, -0.05) is 12.1 Å². The molecular formula is C10H13FN2. The smallest absolute Gasteiger partial charge is 0.146 e. The molecule has 1 atom stereocenters. The normalized spacial score (nSPS) is 12.5. The van der Waals surface area contributed by atoms with Crippen LogP contribution in [0.1, 0.15) is 18.0 Å². The van der Waals surface area contributed by atoms with Crippen LogP contribution in [0.15, 0.2) is 30.9 Å². The number of rotatable bonds is 3. The summed E-state index contributed by atoms with van der Waals surface area (Å²) in [6, 6.07) is 4.37. The monoisotopic (exact) mass is 180 g/mol. The maximum Gasteiger partial charge on any atom is 0.146 e. The number of anilines is 1. The Morgan fingerprint density at radius 3 is 2.77 bits per heavy atom. The molecule has 0 aromatic heterocycles. The molecule has 70 valence electrons. The van der Waals surface area contributed by atoms with E-state index in [2.05, 4.69) is 6.58 Å². The van der Waals surface area contributed by atoms with Crippen molar-refractivity contribution in [3.8, 4) is 0 Å². The van der Waals surface area contributed by atoms with E-state index >= 15 is 0 Å². The van der Waals surface area contributed by atoms with Crippen molar-refractivity contribution in [2.45, 2.75) is 12.5 Å². The fourth-order valence-electron chi connectivity index (χ4n) is 1.11. The van der Waals surface area contributed by atoms with E-state index < -0.39 is 5.82 Å². The Labute approximate surface area is 77.0 Å². The molecule has 0 amide bonds. The molecule has 0 heterocycles. The largest absolute Gasteiger partial charge is 0.396 e. The summed E-state index contributed by atoms with van der Waals surface area (Å²) < 4.78 is 12.8. The second kappa shape index (κ2) is 4.05. The minimum absolute atomic E-state index is 0.136. The Bertz CT molecular complexity index is 310. The molecular weight excluding hydrogens is 167 g/mol. The number of halogens is 1. The Balaban J connectivity index is 2.89. The lowest BCUT2D eigenvalue weighted by atomic mass is 10.0. The standard InChI is InChI=1S/C10H13FN2/c1-2-3-9(12)7-4-5-8(11)10(13)6-7/h2,4-6,9H,1,3,12-13H2/t9-/m1/s1. The van der Waals surface area contributed by atoms with Gasteiger partial charge >= 0.3 is 0 Å². The van der Waals surface area contributed by atoms with Crippen LogP contribution in [0.2, 0.25) is 0 Å². The van der Waals surface area contributed by atoms with Crippen molar-refractivity contribution in [3.63, 3.8) is 0 Å². The van der Waals surface area contributed by atoms with E-state index in [1.807, 2.05) is 0 Å². The molecule has 1 rings (SSSR count). The van der Waals surface area contributed by atoms with Gasteiger partial charge < -0.3 is 11.5 Å². The van der Waals surface area contributed by atoms with E-state index in [0.29, 0.717) is 6.42 Å². The number of hydrogen-bond acceptors (Lipinski definition) is 2. The first kappa shape index (κ1) is 9.74. The summed E-state index contributed by atoms with van der Waals surface area (Å²) in [5, 5.41) is 0. The average molecular weight is 180 g/mol. The van der Waals surface area contributed by atoms with Crippen molar-refractivity contribution in [2.75, 3.05) is 5.73 Å². The molecule has 2 nitrogen and oxygen atoms in total. The Hall–Kier alpha value is -1.35. The molecule has 0 aliphatic carbocycles. The molecule has 0 aliphatic heterocycles. The van der Waals surface area contributed by atoms with Crippen molar-refractivity contribution < 1.29 is 4.39 Å². The van der Waals surface area contributed by atoms with Crippen molar-refractivity contribution in [2.24, 2.45) is 5.73 Å². The van der Waals surface area contributed by atoms with E-state index in [-0.39, 0.29) is 11.7 Å². The minimum Gasteiger partial charge on any atom is -0.396 e. The van der Waals surface area contributed by atoms with Gasteiger partial charge in [-0.2, -0.15) is 0 Å². The SMILES string of the molecule is C=CC[C@@H](N)c1ccc(F)c(N)c1. The second-order valence-corrected chi connectivity index (χ2v) is 2.91. The van der Waals surface area contributed by atoms with Crippen molar-refractivity contribution >= 4 is 5.69 Å². The number of hydrogen-bond donors (Lipinski definition) is 2. The summed E-state index contributed by atoms with van der Waals surface area (Å²) in [5.41, 5.74) is 12.1. The summed E-state index contributed by atoms with van der Waals surface area (Å²) in [5.74, 6) is -0.408. The number of nitrogen functional groups attached to an aromatic ring is 1. The van der Waals surface area contributed by atoms with Gasteiger partial charge in [0.25, 0.3) is 0 Å². The predicted octanol–water partition coefficient (Wildman–Crippen LogP) is 1.98. The fourth-order valence-corrected chi connectivity index (χ4v) is 1.11. The van der Waals surface area contributed by atoms with Crippen LogP contribution in [-0.2, 0) is 0 Å². The lowest BCUT2D eigenvalue weighted by Crippen LogP contribution is -2.09. The lowest BCUT2D eigenvalue weighted by Gasteiger charge is -2.09. The fraction of sp³-hybridized carbons (Fsp3) is 0.200. The molecule has 1 aromatic carbocycles. The third-order valence-corrected chi connectivity index (χ3v) is 1.87. The van der Waals surface area contributed by atoms with Gasteiger partial charge in [-0.15, -0.1) is 6.58 Å². The second-order valence-electron chi connectivity index (χ2n) is 2.91. The highest BCUT2D eigenvalue weighted by atomic mass is 19.1. The van der Waals surface area contributed by atoms with Crippen LogP contribution < -0.4 is 11.5 Å². The lowest BCUT2D eigenvalue weighted by molar-refractivity contribution is 0.629. The highest BCUT2D eigenvalue weighted by molar-refractivity contribution is 5.43. The summed E-state index contributed by atoms with van der Waals surface area (Å²) in [4.78, 5) is 0. The van der Waals surface area contributed by atoms with Gasteiger partial charge in [0.15, 0.2) is 0 Å². The molecule has 0 unspecified atom stereocenters. The van der Waals surface area contributed by atoms with E-state index in [4.69, 9.17) is 11.5 Å². The highest BCUT2D eigenvalue weighted by Gasteiger charge is 2.05. The minimum atomic E-state index is -0.408. The van der Waals surface area contributed by atoms with Gasteiger partial charge in [0.1, 0.15) is 5.82 Å². The summed E-state index contributed by atoms with van der Waals surface area (Å²) in [6.07, 6.45) is 2.38. The molecule has 0 saturated carbocycles. The van der Waals surface area contributed by atoms with Crippen LogP contribution >= 0.6 is 0 Å². The van der Waals surface area contributed by atoms with Crippen LogP contribution in [0, 0.1) is 5.82 Å². The maximum atomic E-state index is 12.8. The summed E-state index contributed by atoms with van der Waals surface area (Å²) >= 11 is 0. The third kappa shape index (κ3) is 2.29. The van der Waals surface area contributed by atoms with Gasteiger partial charge in [0.05, 0.1) is 5.69 Å². The Morgan fingerprint density at radius 1 is 1.54 bits per heavy atom. The van der Waals surface area contributed by atoms with Crippen molar-refractivity contribution in [3.05, 3.63) is 42.2 Å². The number of benzene rings is 1. The van der Waals surface area contributed by atoms with Crippen LogP contribution in [-0.4, -0.2) is 0 Å². The van der Waals surface area contributed by atoms with E-state index in [9.17, 15) is 4.39 Å². The zero-order valence-electron chi connectivity index (χ0n) is 7.33. The van der Waals surface area contributed by atoms with Gasteiger partial charge in [-0.25, -0.2) is 4.39 Å². The quantitative estimate of drug-likeness (QED) is 0.552. The first-order chi connectivity index (χ1) is 6.15. The zero-order chi connectivity index (χ0) is 9.84. The van der Waals surface area contributed by atoms with E-state index in [1.54, 1.807) is 18.2 Å². The summed E-state index contributed by atoms with van der Waals surface area (Å²) in [7, 11) is 0. The first-order valence-electron chi connectivity index (χ1n) is 4.06. The van der Waals surface area contributed by atoms with Crippen molar-refractivity contribution in [1.29, 1.82) is 0 Å². The zero-order valence-corrected chi connectivity index (χ0v) is 7.33. The van der Waals surface area contributed by atoms with E-state index in [1.165, 1.54) is 6.07 Å². The molecule has 0 aliphatic rings. The Kier molecular flexibility index (Phi) is 3.03. The van der Waals surface area contributed by atoms with E-state index in [0.717, 1.165) is 5.56 Å². The van der Waals surface area contributed by atoms with Crippen LogP contribution in [0.25, 0.3) is 0 Å². The highest BCUT2D eigenvalue weighted by Crippen LogP contribution is 2.19. The molecule has 0 saturated heterocycles. The van der Waals surface area contributed by atoms with Gasteiger partial charge in [-0.3, -0.25) is 0 Å². The Morgan fingerprint density at radius 2 is 2.23 bits per heavy atom. The summed E-state index contributed by atoms with van der Waals surface area (Å²) in [6.45, 7) is 3.58. The molecule has 13 heavy (non-hydrogen) atoms. The average Bonchev–Trinajstić information content (AvgIpc) is 2.10. The third-order valence-electron chi connectivity index (χ3n) is 1.87. The van der Waals surface area contributed by atoms with Crippen molar-refractivity contribution in [1.82, 2.24) is 0 Å². The molecule has 1 aromatic rings. The topological polar surface area (TPSA) is 52.0 Å². The maximum absolute atomic E-state index is 12.8. The molecule has 0 radical (unpaired) electrons. The van der Waals surface area contributed by atoms with Gasteiger partial charge in [0.2, 0.25) is 0 Å². The molecule has 4 N–H and O–H groups in total. The first-order valence-corrected chi connectivity index (χ1v) is 4.06. The predicted molar refractivity (Wildman–Crippen MR) is 52.6 cm³/mol.